The van der Waals surface area contributed by atoms with Gasteiger partial charge in [0.15, 0.2) is 0 Å². The van der Waals surface area contributed by atoms with Crippen molar-refractivity contribution in [2.75, 3.05) is 19.0 Å². The van der Waals surface area contributed by atoms with Crippen LogP contribution in [-0.4, -0.2) is 31.7 Å². The predicted octanol–water partition coefficient (Wildman–Crippen LogP) is 2.86. The van der Waals surface area contributed by atoms with Crippen molar-refractivity contribution in [1.29, 1.82) is 0 Å². The predicted molar refractivity (Wildman–Crippen MR) is 73.2 cm³/mol. The van der Waals surface area contributed by atoms with E-state index in [1.807, 2.05) is 0 Å². The zero-order chi connectivity index (χ0) is 13.9. The maximum atomic E-state index is 12.9. The van der Waals surface area contributed by atoms with Gasteiger partial charge in [-0.05, 0) is 49.4 Å². The second-order valence-corrected chi connectivity index (χ2v) is 7.12. The van der Waals surface area contributed by atoms with Crippen molar-refractivity contribution in [2.45, 2.75) is 24.2 Å². The second-order valence-electron chi connectivity index (χ2n) is 4.80. The quantitative estimate of drug-likeness (QED) is 0.802. The fourth-order valence-electron chi connectivity index (χ4n) is 2.39. The summed E-state index contributed by atoms with van der Waals surface area (Å²) in [5.41, 5.74) is 0. The van der Waals surface area contributed by atoms with Crippen LogP contribution in [0.4, 0.5) is 4.39 Å². The standard InChI is InChI=1S/C13H17ClFNO2S/c14-8-7-11-2-1-9-16(10-11)19(17,18)13-5-3-12(15)4-6-13/h3-6,11H,1-2,7-10H2. The average molecular weight is 306 g/mol. The van der Waals surface area contributed by atoms with Crippen LogP contribution < -0.4 is 0 Å². The number of halogens is 2. The van der Waals surface area contributed by atoms with E-state index in [0.29, 0.717) is 24.9 Å². The summed E-state index contributed by atoms with van der Waals surface area (Å²) < 4.78 is 39.2. The largest absolute Gasteiger partial charge is 0.243 e. The van der Waals surface area contributed by atoms with E-state index < -0.39 is 15.8 Å². The molecule has 1 heterocycles. The van der Waals surface area contributed by atoms with Gasteiger partial charge in [0.1, 0.15) is 5.82 Å². The molecule has 3 nitrogen and oxygen atoms in total. The first-order valence-corrected chi connectivity index (χ1v) is 8.33. The summed E-state index contributed by atoms with van der Waals surface area (Å²) in [5.74, 6) is 0.439. The van der Waals surface area contributed by atoms with Gasteiger partial charge in [-0.25, -0.2) is 12.8 Å². The van der Waals surface area contributed by atoms with Gasteiger partial charge in [0, 0.05) is 19.0 Å². The topological polar surface area (TPSA) is 37.4 Å². The minimum absolute atomic E-state index is 0.153. The molecule has 0 aliphatic carbocycles. The molecule has 2 rings (SSSR count). The molecule has 0 aromatic heterocycles. The molecular formula is C13H17ClFNO2S. The number of alkyl halides is 1. The number of nitrogens with zero attached hydrogens (tertiary/aromatic N) is 1. The minimum Gasteiger partial charge on any atom is -0.207 e. The van der Waals surface area contributed by atoms with Crippen molar-refractivity contribution in [3.8, 4) is 0 Å². The smallest absolute Gasteiger partial charge is 0.207 e. The highest BCUT2D eigenvalue weighted by atomic mass is 35.5. The number of sulfonamides is 1. The van der Waals surface area contributed by atoms with Gasteiger partial charge >= 0.3 is 0 Å². The van der Waals surface area contributed by atoms with Crippen LogP contribution in [0.1, 0.15) is 19.3 Å². The van der Waals surface area contributed by atoms with Crippen LogP contribution in [0.5, 0.6) is 0 Å². The van der Waals surface area contributed by atoms with E-state index in [9.17, 15) is 12.8 Å². The molecule has 1 atom stereocenters. The highest BCUT2D eigenvalue weighted by molar-refractivity contribution is 7.89. The van der Waals surface area contributed by atoms with E-state index in [-0.39, 0.29) is 4.90 Å². The molecule has 1 aromatic rings. The minimum atomic E-state index is -3.51. The first-order chi connectivity index (χ1) is 9.04. The molecule has 1 unspecified atom stereocenters. The van der Waals surface area contributed by atoms with E-state index in [1.54, 1.807) is 0 Å². The molecule has 0 saturated carbocycles. The lowest BCUT2D eigenvalue weighted by atomic mass is 9.97. The Bertz CT molecular complexity index is 516. The zero-order valence-electron chi connectivity index (χ0n) is 10.6. The Morgan fingerprint density at radius 1 is 1.32 bits per heavy atom. The van der Waals surface area contributed by atoms with Crippen LogP contribution in [0, 0.1) is 11.7 Å². The summed E-state index contributed by atoms with van der Waals surface area (Å²) in [6.45, 7) is 1.03. The van der Waals surface area contributed by atoms with E-state index in [2.05, 4.69) is 0 Å². The molecule has 1 aliphatic heterocycles. The Hall–Kier alpha value is -0.650. The average Bonchev–Trinajstić information content (AvgIpc) is 2.40. The Morgan fingerprint density at radius 3 is 2.63 bits per heavy atom. The van der Waals surface area contributed by atoms with E-state index in [0.717, 1.165) is 19.3 Å². The van der Waals surface area contributed by atoms with Gasteiger partial charge < -0.3 is 0 Å². The second kappa shape index (κ2) is 6.20. The first kappa shape index (κ1) is 14.8. The third-order valence-corrected chi connectivity index (χ3v) is 5.55. The summed E-state index contributed by atoms with van der Waals surface area (Å²) in [6, 6.07) is 4.98. The van der Waals surface area contributed by atoms with Crippen molar-refractivity contribution in [2.24, 2.45) is 5.92 Å². The Kier molecular flexibility index (Phi) is 4.81. The molecule has 1 saturated heterocycles. The van der Waals surface area contributed by atoms with Crippen LogP contribution >= 0.6 is 11.6 Å². The summed E-state index contributed by atoms with van der Waals surface area (Å²) >= 11 is 5.72. The fourth-order valence-corrected chi connectivity index (χ4v) is 4.25. The highest BCUT2D eigenvalue weighted by Crippen LogP contribution is 2.25. The van der Waals surface area contributed by atoms with E-state index >= 15 is 0 Å². The fraction of sp³-hybridized carbons (Fsp3) is 0.538. The third kappa shape index (κ3) is 3.46. The van der Waals surface area contributed by atoms with Crippen molar-refractivity contribution >= 4 is 21.6 Å². The molecule has 0 N–H and O–H groups in total. The van der Waals surface area contributed by atoms with Crippen molar-refractivity contribution in [3.63, 3.8) is 0 Å². The Morgan fingerprint density at radius 2 is 2.00 bits per heavy atom. The summed E-state index contributed by atoms with van der Waals surface area (Å²) in [5, 5.41) is 0. The van der Waals surface area contributed by atoms with Crippen LogP contribution in [0.3, 0.4) is 0 Å². The molecule has 6 heteroatoms. The summed E-state index contributed by atoms with van der Waals surface area (Å²) in [7, 11) is -3.51. The van der Waals surface area contributed by atoms with Crippen molar-refractivity contribution in [3.05, 3.63) is 30.1 Å². The van der Waals surface area contributed by atoms with Crippen molar-refractivity contribution < 1.29 is 12.8 Å². The van der Waals surface area contributed by atoms with E-state index in [1.165, 1.54) is 28.6 Å². The Balaban J connectivity index is 2.17. The molecule has 106 valence electrons. The number of piperidine rings is 1. The van der Waals surface area contributed by atoms with Crippen LogP contribution in [-0.2, 0) is 10.0 Å². The number of hydrogen-bond acceptors (Lipinski definition) is 2. The van der Waals surface area contributed by atoms with Crippen LogP contribution in [0.25, 0.3) is 0 Å². The molecule has 1 aliphatic rings. The highest BCUT2D eigenvalue weighted by Gasteiger charge is 2.29. The Labute approximate surface area is 118 Å². The zero-order valence-corrected chi connectivity index (χ0v) is 12.1. The number of hydrogen-bond donors (Lipinski definition) is 0. The van der Waals surface area contributed by atoms with Gasteiger partial charge in [0.05, 0.1) is 4.90 Å². The van der Waals surface area contributed by atoms with Gasteiger partial charge in [-0.2, -0.15) is 4.31 Å². The molecule has 0 spiro atoms. The van der Waals surface area contributed by atoms with Crippen LogP contribution in [0.2, 0.25) is 0 Å². The molecule has 1 fully saturated rings. The SMILES string of the molecule is O=S(=O)(c1ccc(F)cc1)N1CCCC(CCCl)C1. The first-order valence-electron chi connectivity index (χ1n) is 6.35. The van der Waals surface area contributed by atoms with Crippen molar-refractivity contribution in [1.82, 2.24) is 4.31 Å². The summed E-state index contributed by atoms with van der Waals surface area (Å²) in [4.78, 5) is 0.153. The van der Waals surface area contributed by atoms with E-state index in [4.69, 9.17) is 11.6 Å². The molecular weight excluding hydrogens is 289 g/mol. The maximum Gasteiger partial charge on any atom is 0.243 e. The summed E-state index contributed by atoms with van der Waals surface area (Å²) in [6.07, 6.45) is 2.70. The van der Waals surface area contributed by atoms with Gasteiger partial charge in [0.25, 0.3) is 0 Å². The molecule has 0 bridgehead atoms. The molecule has 0 amide bonds. The third-order valence-electron chi connectivity index (χ3n) is 3.45. The molecule has 0 radical (unpaired) electrons. The lowest BCUT2D eigenvalue weighted by Crippen LogP contribution is -2.40. The van der Waals surface area contributed by atoms with Crippen LogP contribution in [0.15, 0.2) is 29.2 Å². The van der Waals surface area contributed by atoms with Gasteiger partial charge in [-0.1, -0.05) is 0 Å². The molecule has 19 heavy (non-hydrogen) atoms. The maximum absolute atomic E-state index is 12.9. The lowest BCUT2D eigenvalue weighted by molar-refractivity contribution is 0.262. The number of benzene rings is 1. The van der Waals surface area contributed by atoms with Gasteiger partial charge in [-0.15, -0.1) is 11.6 Å². The number of rotatable bonds is 4. The van der Waals surface area contributed by atoms with Gasteiger partial charge in [0.2, 0.25) is 10.0 Å². The monoisotopic (exact) mass is 305 g/mol. The normalized spacial score (nSPS) is 21.5. The lowest BCUT2D eigenvalue weighted by Gasteiger charge is -2.31. The van der Waals surface area contributed by atoms with Gasteiger partial charge in [-0.3, -0.25) is 0 Å². The molecule has 1 aromatic carbocycles.